The average Bonchev–Trinajstić information content (AvgIpc) is 2.59. The number of nitrogens with one attached hydrogen (secondary N) is 1. The van der Waals surface area contributed by atoms with Crippen molar-refractivity contribution in [2.24, 2.45) is 0 Å². The van der Waals surface area contributed by atoms with Crippen LogP contribution in [0.5, 0.6) is 0 Å². The lowest BCUT2D eigenvalue weighted by molar-refractivity contribution is -0.104. The first-order valence-electron chi connectivity index (χ1n) is 3.81. The van der Waals surface area contributed by atoms with E-state index in [-0.39, 0.29) is 12.0 Å². The van der Waals surface area contributed by atoms with Gasteiger partial charge < -0.3 is 4.98 Å². The van der Waals surface area contributed by atoms with Gasteiger partial charge in [0.2, 0.25) is 5.78 Å². The number of aromatic amines is 1. The molecule has 0 saturated carbocycles. The molecule has 0 saturated heterocycles. The van der Waals surface area contributed by atoms with Crippen LogP contribution in [0.25, 0.3) is 11.0 Å². The van der Waals surface area contributed by atoms with E-state index in [1.54, 1.807) is 0 Å². The third-order valence-electron chi connectivity index (χ3n) is 1.83. The molecule has 14 heavy (non-hydrogen) atoms. The zero-order valence-corrected chi connectivity index (χ0v) is 7.02. The number of aromatic nitrogens is 3. The smallest absolute Gasteiger partial charge is 0.245 e. The molecule has 0 atom stereocenters. The van der Waals surface area contributed by atoms with Gasteiger partial charge in [-0.15, -0.1) is 0 Å². The van der Waals surface area contributed by atoms with Crippen molar-refractivity contribution in [3.05, 3.63) is 18.2 Å². The second-order valence-corrected chi connectivity index (χ2v) is 2.67. The van der Waals surface area contributed by atoms with Crippen LogP contribution in [-0.4, -0.2) is 34.9 Å². The Labute approximate surface area is 80.0 Å². The highest BCUT2D eigenvalue weighted by Crippen LogP contribution is 2.09. The van der Waals surface area contributed by atoms with Crippen LogP contribution in [0.15, 0.2) is 12.5 Å². The number of nitrogens with zero attached hydrogens (tertiary/aromatic N) is 2. The fourth-order valence-corrected chi connectivity index (χ4v) is 1.20. The zero-order valence-electron chi connectivity index (χ0n) is 7.02. The summed E-state index contributed by atoms with van der Waals surface area (Å²) in [7, 11) is 5.57. The molecule has 0 aliphatic heterocycles. The Balaban J connectivity index is 2.77. The van der Waals surface area contributed by atoms with Gasteiger partial charge in [0.05, 0.1) is 11.0 Å². The number of Topliss-reactive ketones (excluding diaryl/α,β-unsaturated/α-hetero) is 1. The first-order valence-corrected chi connectivity index (χ1v) is 3.81. The van der Waals surface area contributed by atoms with Crippen molar-refractivity contribution >= 4 is 36.4 Å². The molecule has 1 N–H and O–H groups in total. The van der Waals surface area contributed by atoms with Gasteiger partial charge in [0, 0.05) is 0 Å². The first-order chi connectivity index (χ1) is 6.74. The maximum Gasteiger partial charge on any atom is 0.245 e. The van der Waals surface area contributed by atoms with Crippen molar-refractivity contribution in [2.45, 2.75) is 0 Å². The summed E-state index contributed by atoms with van der Waals surface area (Å²) in [6.07, 6.45) is 2.91. The van der Waals surface area contributed by atoms with Gasteiger partial charge in [-0.25, -0.2) is 9.97 Å². The number of carbonyl (C=O) groups is 2. The van der Waals surface area contributed by atoms with Crippen LogP contribution >= 0.6 is 0 Å². The normalized spacial score (nSPS) is 10.3. The Morgan fingerprint density at radius 3 is 3.00 bits per heavy atom. The number of hydrogen-bond donors (Lipinski definition) is 1. The minimum absolute atomic E-state index is 0.0432. The standard InChI is InChI=1S/C8H4BN3O2/c9-4-1-10-8-6(4)11-3-12-7(8)5(14)2-13/h1-3,10H. The molecule has 2 aromatic heterocycles. The maximum absolute atomic E-state index is 11.1. The Bertz CT molecular complexity index is 520. The Kier molecular flexibility index (Phi) is 1.88. The number of fused-ring (bicyclic) bond motifs is 1. The lowest BCUT2D eigenvalue weighted by atomic mass is 9.99. The van der Waals surface area contributed by atoms with Crippen molar-refractivity contribution in [1.29, 1.82) is 0 Å². The monoisotopic (exact) mass is 185 g/mol. The number of ketones is 1. The predicted molar refractivity (Wildman–Crippen MR) is 49.7 cm³/mol. The summed E-state index contributed by atoms with van der Waals surface area (Å²) >= 11 is 0. The highest BCUT2D eigenvalue weighted by atomic mass is 16.2. The predicted octanol–water partition coefficient (Wildman–Crippen LogP) is -0.867. The van der Waals surface area contributed by atoms with Gasteiger partial charge in [-0.05, 0) is 6.20 Å². The van der Waals surface area contributed by atoms with E-state index in [1.165, 1.54) is 12.5 Å². The number of hydrogen-bond acceptors (Lipinski definition) is 4. The summed E-state index contributed by atoms with van der Waals surface area (Å²) < 4.78 is 0. The van der Waals surface area contributed by atoms with Crippen molar-refractivity contribution < 1.29 is 9.59 Å². The van der Waals surface area contributed by atoms with E-state index < -0.39 is 5.78 Å². The minimum atomic E-state index is -0.695. The van der Waals surface area contributed by atoms with Crippen molar-refractivity contribution in [2.75, 3.05) is 0 Å². The highest BCUT2D eigenvalue weighted by Gasteiger charge is 2.13. The van der Waals surface area contributed by atoms with Crippen molar-refractivity contribution in [1.82, 2.24) is 15.0 Å². The van der Waals surface area contributed by atoms with Gasteiger partial charge in [0.1, 0.15) is 19.9 Å². The van der Waals surface area contributed by atoms with Gasteiger partial charge in [-0.2, -0.15) is 0 Å². The number of rotatable bonds is 2. The van der Waals surface area contributed by atoms with E-state index in [0.717, 1.165) is 0 Å². The topological polar surface area (TPSA) is 75.7 Å². The molecule has 6 heteroatoms. The summed E-state index contributed by atoms with van der Waals surface area (Å²) in [4.78, 5) is 31.8. The number of carbonyl (C=O) groups excluding carboxylic acids is 2. The van der Waals surface area contributed by atoms with Crippen LogP contribution in [0.1, 0.15) is 10.5 Å². The Morgan fingerprint density at radius 2 is 2.29 bits per heavy atom. The van der Waals surface area contributed by atoms with Crippen LogP contribution in [-0.2, 0) is 4.79 Å². The third kappa shape index (κ3) is 1.12. The van der Waals surface area contributed by atoms with Gasteiger partial charge in [0.15, 0.2) is 6.29 Å². The van der Waals surface area contributed by atoms with Crippen LogP contribution < -0.4 is 5.46 Å². The molecule has 2 aromatic rings. The SMILES string of the molecule is [B]c1c[nH]c2c(C(=O)C=O)ncnc12. The van der Waals surface area contributed by atoms with Gasteiger partial charge in [0.25, 0.3) is 0 Å². The molecule has 0 aromatic carbocycles. The summed E-state index contributed by atoms with van der Waals surface area (Å²) in [5.41, 5.74) is 1.30. The molecule has 0 aliphatic rings. The Hall–Kier alpha value is -1.98. The molecule has 0 spiro atoms. The highest BCUT2D eigenvalue weighted by molar-refractivity contribution is 6.40. The van der Waals surface area contributed by atoms with E-state index in [1.807, 2.05) is 0 Å². The fourth-order valence-electron chi connectivity index (χ4n) is 1.20. The average molecular weight is 185 g/mol. The van der Waals surface area contributed by atoms with E-state index >= 15 is 0 Å². The van der Waals surface area contributed by atoms with Gasteiger partial charge in [-0.3, -0.25) is 9.59 Å². The number of H-pyrrole nitrogens is 1. The lowest BCUT2D eigenvalue weighted by Crippen LogP contribution is -2.06. The van der Waals surface area contributed by atoms with Crippen molar-refractivity contribution in [3.8, 4) is 0 Å². The molecule has 0 fully saturated rings. The van der Waals surface area contributed by atoms with Gasteiger partial charge >= 0.3 is 0 Å². The largest absolute Gasteiger partial charge is 0.359 e. The second kappa shape index (κ2) is 3.06. The molecule has 0 bridgehead atoms. The fraction of sp³-hybridized carbons (Fsp3) is 0. The molecule has 5 nitrogen and oxygen atoms in total. The summed E-state index contributed by atoms with van der Waals surface area (Å²) in [5.74, 6) is -0.695. The molecule has 0 amide bonds. The van der Waals surface area contributed by atoms with E-state index in [0.29, 0.717) is 16.5 Å². The van der Waals surface area contributed by atoms with E-state index in [4.69, 9.17) is 7.85 Å². The van der Waals surface area contributed by atoms with Crippen molar-refractivity contribution in [3.63, 3.8) is 0 Å². The third-order valence-corrected chi connectivity index (χ3v) is 1.83. The molecule has 0 unspecified atom stereocenters. The first kappa shape index (κ1) is 8.62. The molecule has 0 aliphatic carbocycles. The summed E-state index contributed by atoms with van der Waals surface area (Å²) in [6.45, 7) is 0. The van der Waals surface area contributed by atoms with Crippen LogP contribution in [0.4, 0.5) is 0 Å². The quantitative estimate of drug-likeness (QED) is 0.285. The summed E-state index contributed by atoms with van der Waals surface area (Å²) in [5, 5.41) is 0. The molecule has 66 valence electrons. The lowest BCUT2D eigenvalue weighted by Gasteiger charge is -1.95. The van der Waals surface area contributed by atoms with Crippen LogP contribution in [0.3, 0.4) is 0 Å². The van der Waals surface area contributed by atoms with E-state index in [2.05, 4.69) is 15.0 Å². The van der Waals surface area contributed by atoms with Crippen LogP contribution in [0.2, 0.25) is 0 Å². The summed E-state index contributed by atoms with van der Waals surface area (Å²) in [6, 6.07) is 0. The zero-order chi connectivity index (χ0) is 10.1. The number of aldehydes is 1. The Morgan fingerprint density at radius 1 is 1.50 bits per heavy atom. The van der Waals surface area contributed by atoms with Gasteiger partial charge in [-0.1, -0.05) is 5.46 Å². The molecular formula is C8H4BN3O2. The van der Waals surface area contributed by atoms with Crippen LogP contribution in [0, 0.1) is 0 Å². The maximum atomic E-state index is 11.1. The molecule has 2 heterocycles. The van der Waals surface area contributed by atoms with E-state index in [9.17, 15) is 9.59 Å². The molecular weight excluding hydrogens is 181 g/mol. The minimum Gasteiger partial charge on any atom is -0.359 e. The molecule has 2 radical (unpaired) electrons. The second-order valence-electron chi connectivity index (χ2n) is 2.67. The molecule has 2 rings (SSSR count).